The number of hydrogen-bond acceptors (Lipinski definition) is 3. The van der Waals surface area contributed by atoms with Crippen LogP contribution in [0.4, 0.5) is 0 Å². The van der Waals surface area contributed by atoms with Crippen LogP contribution >= 0.6 is 0 Å². The van der Waals surface area contributed by atoms with Crippen LogP contribution < -0.4 is 4.74 Å². The van der Waals surface area contributed by atoms with Gasteiger partial charge in [-0.2, -0.15) is 0 Å². The van der Waals surface area contributed by atoms with Gasteiger partial charge >= 0.3 is 5.97 Å². The molecule has 0 radical (unpaired) electrons. The summed E-state index contributed by atoms with van der Waals surface area (Å²) in [5.74, 6) is 1.58. The number of carbonyl (C=O) groups excluding carboxylic acids is 1. The molecule has 0 aliphatic carbocycles. The molecule has 2 aliphatic heterocycles. The first-order valence-electron chi connectivity index (χ1n) is 10.2. The van der Waals surface area contributed by atoms with E-state index in [1.54, 1.807) is 12.1 Å². The van der Waals surface area contributed by atoms with Crippen LogP contribution in [0.3, 0.4) is 0 Å². The van der Waals surface area contributed by atoms with Crippen LogP contribution in [0, 0.1) is 11.8 Å². The van der Waals surface area contributed by atoms with Gasteiger partial charge in [-0.05, 0) is 55.9 Å². The molecular weight excluding hydrogens is 326 g/mol. The van der Waals surface area contributed by atoms with E-state index in [4.69, 9.17) is 9.47 Å². The Hall–Kier alpha value is -1.55. The lowest BCUT2D eigenvalue weighted by Gasteiger charge is -2.51. The highest BCUT2D eigenvalue weighted by molar-refractivity contribution is 5.89. The summed E-state index contributed by atoms with van der Waals surface area (Å²) in [6.45, 7) is 8.05. The third-order valence-electron chi connectivity index (χ3n) is 6.11. The summed E-state index contributed by atoms with van der Waals surface area (Å²) in [6, 6.07) is 7.99. The lowest BCUT2D eigenvalue weighted by Crippen LogP contribution is -2.61. The van der Waals surface area contributed by atoms with Crippen molar-refractivity contribution in [2.45, 2.75) is 52.0 Å². The van der Waals surface area contributed by atoms with E-state index in [1.807, 2.05) is 12.1 Å². The molecule has 0 unspecified atom stereocenters. The standard InChI is InChI=1S/C22H34NO3/c1-17(2)15-25-20-11-9-18(10-12-20)22(24)26-16-19-7-6-14-23(3)13-5-4-8-21(19)23/h9-12,17,19,21H,4-8,13-16H2,1-3H3/q+1/t19-,21-,23-/m0/s1. The van der Waals surface area contributed by atoms with E-state index in [2.05, 4.69) is 20.9 Å². The van der Waals surface area contributed by atoms with E-state index in [1.165, 1.54) is 49.7 Å². The number of ether oxygens (including phenoxy) is 2. The van der Waals surface area contributed by atoms with Gasteiger partial charge in [0.2, 0.25) is 0 Å². The van der Waals surface area contributed by atoms with E-state index in [0.29, 0.717) is 36.7 Å². The van der Waals surface area contributed by atoms with Gasteiger partial charge in [0.25, 0.3) is 0 Å². The van der Waals surface area contributed by atoms with E-state index in [-0.39, 0.29) is 5.97 Å². The molecule has 2 aliphatic rings. The molecule has 0 aromatic heterocycles. The van der Waals surface area contributed by atoms with E-state index < -0.39 is 0 Å². The summed E-state index contributed by atoms with van der Waals surface area (Å²) in [7, 11) is 2.40. The van der Waals surface area contributed by atoms with Crippen LogP contribution in [-0.4, -0.2) is 49.8 Å². The van der Waals surface area contributed by atoms with Gasteiger partial charge in [-0.1, -0.05) is 13.8 Å². The number of benzene rings is 1. The van der Waals surface area contributed by atoms with Crippen LogP contribution in [0.5, 0.6) is 5.75 Å². The minimum Gasteiger partial charge on any atom is -0.493 e. The highest BCUT2D eigenvalue weighted by atomic mass is 16.5. The van der Waals surface area contributed by atoms with Gasteiger partial charge < -0.3 is 14.0 Å². The van der Waals surface area contributed by atoms with Crippen molar-refractivity contribution < 1.29 is 18.8 Å². The van der Waals surface area contributed by atoms with Crippen LogP contribution in [0.1, 0.15) is 56.3 Å². The molecule has 3 rings (SSSR count). The predicted molar refractivity (Wildman–Crippen MR) is 103 cm³/mol. The van der Waals surface area contributed by atoms with Gasteiger partial charge in [0, 0.05) is 12.3 Å². The Morgan fingerprint density at radius 2 is 1.85 bits per heavy atom. The summed E-state index contributed by atoms with van der Waals surface area (Å²) in [4.78, 5) is 12.4. The number of piperidine rings is 2. The van der Waals surface area contributed by atoms with Crippen LogP contribution in [0.2, 0.25) is 0 Å². The first-order chi connectivity index (χ1) is 12.5. The molecule has 3 atom stereocenters. The topological polar surface area (TPSA) is 35.5 Å². The molecule has 0 spiro atoms. The first-order valence-corrected chi connectivity index (χ1v) is 10.2. The Bertz CT molecular complexity index is 594. The Balaban J connectivity index is 1.53. The van der Waals surface area contributed by atoms with Gasteiger partial charge in [-0.15, -0.1) is 0 Å². The maximum absolute atomic E-state index is 12.4. The van der Waals surface area contributed by atoms with E-state index in [9.17, 15) is 4.79 Å². The van der Waals surface area contributed by atoms with E-state index >= 15 is 0 Å². The van der Waals surface area contributed by atoms with Gasteiger partial charge in [-0.3, -0.25) is 0 Å². The first kappa shape index (κ1) is 19.2. The predicted octanol–water partition coefficient (Wildman–Crippen LogP) is 4.29. The fourth-order valence-corrected chi connectivity index (χ4v) is 4.64. The molecule has 0 N–H and O–H groups in total. The third-order valence-corrected chi connectivity index (χ3v) is 6.11. The molecule has 144 valence electrons. The second kappa shape index (κ2) is 8.43. The highest BCUT2D eigenvalue weighted by Crippen LogP contribution is 2.36. The van der Waals surface area contributed by atoms with Crippen molar-refractivity contribution in [3.63, 3.8) is 0 Å². The van der Waals surface area contributed by atoms with Crippen molar-refractivity contribution in [3.8, 4) is 5.75 Å². The normalized spacial score (nSPS) is 28.5. The number of carbonyl (C=O) groups is 1. The van der Waals surface area contributed by atoms with Crippen LogP contribution in [0.25, 0.3) is 0 Å². The van der Waals surface area contributed by atoms with E-state index in [0.717, 1.165) is 5.75 Å². The fourth-order valence-electron chi connectivity index (χ4n) is 4.64. The molecule has 1 aromatic rings. The zero-order chi connectivity index (χ0) is 18.6. The lowest BCUT2D eigenvalue weighted by atomic mass is 9.82. The van der Waals surface area contributed by atoms with Gasteiger partial charge in [0.15, 0.2) is 0 Å². The van der Waals surface area contributed by atoms with Crippen molar-refractivity contribution in [1.82, 2.24) is 0 Å². The summed E-state index contributed by atoms with van der Waals surface area (Å²) in [5.41, 5.74) is 0.610. The van der Waals surface area contributed by atoms with Gasteiger partial charge in [0.1, 0.15) is 12.4 Å². The number of nitrogens with zero attached hydrogens (tertiary/aromatic N) is 1. The highest BCUT2D eigenvalue weighted by Gasteiger charge is 2.43. The molecule has 1 aromatic carbocycles. The smallest absolute Gasteiger partial charge is 0.338 e. The molecule has 0 saturated carbocycles. The molecule has 2 fully saturated rings. The maximum atomic E-state index is 12.4. The van der Waals surface area contributed by atoms with Crippen LogP contribution in [-0.2, 0) is 4.74 Å². The number of hydrogen-bond donors (Lipinski definition) is 0. The number of rotatable bonds is 6. The molecule has 0 bridgehead atoms. The Morgan fingerprint density at radius 3 is 2.58 bits per heavy atom. The lowest BCUT2D eigenvalue weighted by molar-refractivity contribution is -0.947. The summed E-state index contributed by atoms with van der Waals surface area (Å²) in [5, 5.41) is 0. The van der Waals surface area contributed by atoms with Crippen molar-refractivity contribution in [1.29, 1.82) is 0 Å². The quantitative estimate of drug-likeness (QED) is 0.561. The Labute approximate surface area is 158 Å². The largest absolute Gasteiger partial charge is 0.493 e. The molecule has 26 heavy (non-hydrogen) atoms. The maximum Gasteiger partial charge on any atom is 0.338 e. The zero-order valence-corrected chi connectivity index (χ0v) is 16.6. The molecule has 4 heteroatoms. The average Bonchev–Trinajstić information content (AvgIpc) is 2.64. The summed E-state index contributed by atoms with van der Waals surface area (Å²) < 4.78 is 12.6. The number of fused-ring (bicyclic) bond motifs is 1. The second-order valence-electron chi connectivity index (χ2n) is 8.72. The SMILES string of the molecule is CC(C)COc1ccc(C(=O)OC[C@@H]2CCC[N@+]3(C)CCCC[C@@H]23)cc1. The molecule has 4 nitrogen and oxygen atoms in total. The van der Waals surface area contributed by atoms with Crippen molar-refractivity contribution in [2.24, 2.45) is 11.8 Å². The molecular formula is C22H34NO3+. The number of esters is 1. The molecule has 0 amide bonds. The molecule has 2 saturated heterocycles. The number of quaternary nitrogens is 1. The Kier molecular flexibility index (Phi) is 6.23. The van der Waals surface area contributed by atoms with Crippen LogP contribution in [0.15, 0.2) is 24.3 Å². The minimum absolute atomic E-state index is 0.212. The average molecular weight is 361 g/mol. The van der Waals surface area contributed by atoms with Crippen molar-refractivity contribution in [2.75, 3.05) is 33.4 Å². The fraction of sp³-hybridized carbons (Fsp3) is 0.682. The second-order valence-corrected chi connectivity index (χ2v) is 8.72. The minimum atomic E-state index is -0.212. The monoisotopic (exact) mass is 360 g/mol. The Morgan fingerprint density at radius 1 is 1.12 bits per heavy atom. The van der Waals surface area contributed by atoms with Gasteiger partial charge in [-0.25, -0.2) is 4.79 Å². The van der Waals surface area contributed by atoms with Crippen molar-refractivity contribution >= 4 is 5.97 Å². The summed E-state index contributed by atoms with van der Waals surface area (Å²) >= 11 is 0. The van der Waals surface area contributed by atoms with Crippen molar-refractivity contribution in [3.05, 3.63) is 29.8 Å². The molecule has 2 heterocycles. The third kappa shape index (κ3) is 4.59. The summed E-state index contributed by atoms with van der Waals surface area (Å²) in [6.07, 6.45) is 6.37. The van der Waals surface area contributed by atoms with Gasteiger partial charge in [0.05, 0.1) is 38.3 Å². The zero-order valence-electron chi connectivity index (χ0n) is 16.6.